The first kappa shape index (κ1) is 17.3. The molecule has 1 amide bonds. The lowest BCUT2D eigenvalue weighted by Crippen LogP contribution is -2.28. The zero-order valence-corrected chi connectivity index (χ0v) is 14.3. The molecule has 0 spiro atoms. The first-order valence-corrected chi connectivity index (χ1v) is 8.05. The molecular weight excluding hydrogens is 332 g/mol. The quantitative estimate of drug-likeness (QED) is 0.660. The highest BCUT2D eigenvalue weighted by atomic mass is 16.5. The molecule has 0 saturated carbocycles. The Hall–Kier alpha value is -3.48. The summed E-state index contributed by atoms with van der Waals surface area (Å²) >= 11 is 0. The van der Waals surface area contributed by atoms with Crippen LogP contribution in [0.3, 0.4) is 0 Å². The van der Waals surface area contributed by atoms with Crippen molar-refractivity contribution in [1.82, 2.24) is 19.9 Å². The van der Waals surface area contributed by atoms with Crippen molar-refractivity contribution in [1.29, 1.82) is 0 Å². The first-order valence-electron chi connectivity index (χ1n) is 8.05. The van der Waals surface area contributed by atoms with Gasteiger partial charge in [-0.05, 0) is 36.8 Å². The molecule has 1 N–H and O–H groups in total. The minimum Gasteiger partial charge on any atom is -0.484 e. The number of Topliss-reactive ketones (excluding diaryl/α,β-unsaturated/α-hetero) is 1. The number of carbonyl (C=O) groups is 2. The van der Waals surface area contributed by atoms with Crippen LogP contribution in [0.15, 0.2) is 61.3 Å². The van der Waals surface area contributed by atoms with Crippen molar-refractivity contribution in [3.63, 3.8) is 0 Å². The second-order valence-corrected chi connectivity index (χ2v) is 5.64. The average molecular weight is 350 g/mol. The van der Waals surface area contributed by atoms with Crippen LogP contribution in [0.1, 0.15) is 22.8 Å². The molecule has 0 bridgehead atoms. The minimum absolute atomic E-state index is 0.0497. The Morgan fingerprint density at radius 2 is 2.08 bits per heavy atom. The number of carbonyl (C=O) groups excluding carboxylic acids is 2. The van der Waals surface area contributed by atoms with Crippen molar-refractivity contribution in [2.45, 2.75) is 13.5 Å². The number of benzene rings is 1. The molecule has 7 nitrogen and oxygen atoms in total. The van der Waals surface area contributed by atoms with Crippen molar-refractivity contribution in [2.24, 2.45) is 0 Å². The molecular formula is C19H18N4O3. The molecule has 3 rings (SSSR count). The summed E-state index contributed by atoms with van der Waals surface area (Å²) in [6.07, 6.45) is 6.82. The van der Waals surface area contributed by atoms with Crippen molar-refractivity contribution in [2.75, 3.05) is 6.61 Å². The molecule has 0 aliphatic carbocycles. The number of ether oxygens (including phenoxy) is 1. The fourth-order valence-electron chi connectivity index (χ4n) is 2.31. The lowest BCUT2D eigenvalue weighted by atomic mass is 10.1. The van der Waals surface area contributed by atoms with Gasteiger partial charge in [-0.15, -0.1) is 0 Å². The van der Waals surface area contributed by atoms with E-state index >= 15 is 0 Å². The van der Waals surface area contributed by atoms with E-state index in [1.807, 2.05) is 12.1 Å². The van der Waals surface area contributed by atoms with Gasteiger partial charge in [0.15, 0.2) is 12.4 Å². The highest BCUT2D eigenvalue weighted by molar-refractivity contribution is 5.94. The van der Waals surface area contributed by atoms with Crippen LogP contribution in [0.2, 0.25) is 0 Å². The van der Waals surface area contributed by atoms with Gasteiger partial charge in [0.25, 0.3) is 5.91 Å². The van der Waals surface area contributed by atoms with Gasteiger partial charge in [0.2, 0.25) is 0 Å². The van der Waals surface area contributed by atoms with E-state index in [-0.39, 0.29) is 18.3 Å². The Balaban J connectivity index is 1.52. The van der Waals surface area contributed by atoms with Crippen LogP contribution in [-0.4, -0.2) is 32.8 Å². The van der Waals surface area contributed by atoms with Gasteiger partial charge >= 0.3 is 0 Å². The van der Waals surface area contributed by atoms with Crippen molar-refractivity contribution < 1.29 is 14.3 Å². The van der Waals surface area contributed by atoms with Crippen LogP contribution in [0.25, 0.3) is 5.82 Å². The maximum atomic E-state index is 12.0. The molecule has 7 heteroatoms. The summed E-state index contributed by atoms with van der Waals surface area (Å²) in [7, 11) is 0. The Bertz CT molecular complexity index is 907. The standard InChI is InChI=1S/C19H18N4O3/c1-14(24)16-3-2-4-17(10-16)26-12-19(25)22-11-15-5-6-21-18(9-15)23-8-7-20-13-23/h2-10,13H,11-12H2,1H3,(H,22,25). The van der Waals surface area contributed by atoms with E-state index in [0.29, 0.717) is 17.9 Å². The number of hydrogen-bond acceptors (Lipinski definition) is 5. The van der Waals surface area contributed by atoms with Crippen LogP contribution >= 0.6 is 0 Å². The van der Waals surface area contributed by atoms with Gasteiger partial charge in [0.05, 0.1) is 0 Å². The van der Waals surface area contributed by atoms with E-state index in [4.69, 9.17) is 4.74 Å². The highest BCUT2D eigenvalue weighted by Gasteiger charge is 2.06. The topological polar surface area (TPSA) is 86.1 Å². The molecule has 1 aromatic carbocycles. The van der Waals surface area contributed by atoms with Crippen molar-refractivity contribution >= 4 is 11.7 Å². The molecule has 0 radical (unpaired) electrons. The summed E-state index contributed by atoms with van der Waals surface area (Å²) in [5.41, 5.74) is 1.46. The number of nitrogens with zero attached hydrogens (tertiary/aromatic N) is 3. The van der Waals surface area contributed by atoms with Gasteiger partial charge < -0.3 is 10.1 Å². The number of imidazole rings is 1. The second-order valence-electron chi connectivity index (χ2n) is 5.64. The Morgan fingerprint density at radius 3 is 2.85 bits per heavy atom. The zero-order chi connectivity index (χ0) is 18.4. The summed E-state index contributed by atoms with van der Waals surface area (Å²) in [5, 5.41) is 2.80. The largest absolute Gasteiger partial charge is 0.484 e. The molecule has 3 aromatic rings. The monoisotopic (exact) mass is 350 g/mol. The molecule has 0 fully saturated rings. The zero-order valence-electron chi connectivity index (χ0n) is 14.3. The normalized spacial score (nSPS) is 10.3. The number of nitrogens with one attached hydrogen (secondary N) is 1. The molecule has 0 aliphatic heterocycles. The lowest BCUT2D eigenvalue weighted by Gasteiger charge is -2.09. The van der Waals surface area contributed by atoms with Crippen molar-refractivity contribution in [3.05, 3.63) is 72.4 Å². The van der Waals surface area contributed by atoms with Crippen LogP contribution in [0.4, 0.5) is 0 Å². The van der Waals surface area contributed by atoms with E-state index in [0.717, 1.165) is 11.4 Å². The van der Waals surface area contributed by atoms with Crippen LogP contribution < -0.4 is 10.1 Å². The van der Waals surface area contributed by atoms with E-state index < -0.39 is 0 Å². The van der Waals surface area contributed by atoms with Gasteiger partial charge in [-0.2, -0.15) is 0 Å². The van der Waals surface area contributed by atoms with Crippen molar-refractivity contribution in [3.8, 4) is 11.6 Å². The summed E-state index contributed by atoms with van der Waals surface area (Å²) in [5.74, 6) is 0.913. The number of hydrogen-bond donors (Lipinski definition) is 1. The van der Waals surface area contributed by atoms with Crippen LogP contribution in [0.5, 0.6) is 5.75 Å². The van der Waals surface area contributed by atoms with E-state index in [2.05, 4.69) is 15.3 Å². The minimum atomic E-state index is -0.251. The number of ketones is 1. The summed E-state index contributed by atoms with van der Waals surface area (Å²) in [4.78, 5) is 31.6. The first-order chi connectivity index (χ1) is 12.6. The van der Waals surface area contributed by atoms with E-state index in [1.165, 1.54) is 6.92 Å². The molecule has 132 valence electrons. The third kappa shape index (κ3) is 4.54. The summed E-state index contributed by atoms with van der Waals surface area (Å²) in [6, 6.07) is 10.5. The lowest BCUT2D eigenvalue weighted by molar-refractivity contribution is -0.123. The van der Waals surface area contributed by atoms with Crippen LogP contribution in [-0.2, 0) is 11.3 Å². The average Bonchev–Trinajstić information content (AvgIpc) is 3.20. The Labute approximate surface area is 150 Å². The van der Waals surface area contributed by atoms with E-state index in [9.17, 15) is 9.59 Å². The summed E-state index contributed by atoms with van der Waals surface area (Å²) in [6.45, 7) is 1.72. The molecule has 26 heavy (non-hydrogen) atoms. The third-order valence-electron chi connectivity index (χ3n) is 3.68. The predicted molar refractivity (Wildman–Crippen MR) is 95.1 cm³/mol. The molecule has 2 heterocycles. The predicted octanol–water partition coefficient (Wildman–Crippen LogP) is 2.17. The van der Waals surface area contributed by atoms with Gasteiger partial charge in [0, 0.05) is 30.7 Å². The maximum Gasteiger partial charge on any atom is 0.258 e. The number of rotatable bonds is 7. The smallest absolute Gasteiger partial charge is 0.258 e. The third-order valence-corrected chi connectivity index (χ3v) is 3.68. The highest BCUT2D eigenvalue weighted by Crippen LogP contribution is 2.13. The van der Waals surface area contributed by atoms with Gasteiger partial charge in [-0.3, -0.25) is 14.2 Å². The Kier molecular flexibility index (Phi) is 5.38. The van der Waals surface area contributed by atoms with E-state index in [1.54, 1.807) is 53.8 Å². The number of aromatic nitrogens is 3. The van der Waals surface area contributed by atoms with Gasteiger partial charge in [-0.1, -0.05) is 12.1 Å². The Morgan fingerprint density at radius 1 is 1.19 bits per heavy atom. The van der Waals surface area contributed by atoms with Gasteiger partial charge in [0.1, 0.15) is 17.9 Å². The molecule has 0 atom stereocenters. The SMILES string of the molecule is CC(=O)c1cccc(OCC(=O)NCc2ccnc(-n3ccnc3)c2)c1. The molecule has 2 aromatic heterocycles. The molecule has 0 saturated heterocycles. The maximum absolute atomic E-state index is 12.0. The number of amides is 1. The molecule has 0 unspecified atom stereocenters. The summed E-state index contributed by atoms with van der Waals surface area (Å²) < 4.78 is 7.23. The fourth-order valence-corrected chi connectivity index (χ4v) is 2.31. The molecule has 0 aliphatic rings. The fraction of sp³-hybridized carbons (Fsp3) is 0.158. The van der Waals surface area contributed by atoms with Crippen LogP contribution in [0, 0.1) is 0 Å². The number of pyridine rings is 1. The van der Waals surface area contributed by atoms with Gasteiger partial charge in [-0.25, -0.2) is 9.97 Å². The second kappa shape index (κ2) is 8.06.